The van der Waals surface area contributed by atoms with E-state index in [0.717, 1.165) is 13.1 Å². The van der Waals surface area contributed by atoms with Crippen LogP contribution in [0.3, 0.4) is 0 Å². The fraction of sp³-hybridized carbons (Fsp3) is 0.818. The number of amides is 1. The smallest absolute Gasteiger partial charge is 0.303 e. The largest absolute Gasteiger partial charge is 0.481 e. The summed E-state index contributed by atoms with van der Waals surface area (Å²) in [5, 5.41) is 11.5. The number of nitrogens with one attached hydrogen (secondary N) is 1. The molecular weight excluding hydrogens is 224 g/mol. The first kappa shape index (κ1) is 13.9. The Labute approximate surface area is 101 Å². The molecule has 0 spiro atoms. The number of carbonyl (C=O) groups is 2. The Morgan fingerprint density at radius 3 is 2.59 bits per heavy atom. The van der Waals surface area contributed by atoms with E-state index >= 15 is 0 Å². The van der Waals surface area contributed by atoms with Gasteiger partial charge in [-0.2, -0.15) is 0 Å². The molecule has 1 fully saturated rings. The van der Waals surface area contributed by atoms with Crippen LogP contribution in [-0.2, 0) is 14.3 Å². The molecule has 0 aromatic rings. The highest BCUT2D eigenvalue weighted by Crippen LogP contribution is 2.04. The van der Waals surface area contributed by atoms with Gasteiger partial charge in [-0.1, -0.05) is 0 Å². The van der Waals surface area contributed by atoms with Crippen LogP contribution in [-0.4, -0.2) is 60.8 Å². The Bertz CT molecular complexity index is 264. The van der Waals surface area contributed by atoms with Crippen molar-refractivity contribution in [3.05, 3.63) is 0 Å². The van der Waals surface area contributed by atoms with E-state index in [-0.39, 0.29) is 18.4 Å². The quantitative estimate of drug-likeness (QED) is 0.670. The van der Waals surface area contributed by atoms with Gasteiger partial charge in [0.1, 0.15) is 0 Å². The van der Waals surface area contributed by atoms with Gasteiger partial charge in [0, 0.05) is 39.0 Å². The van der Waals surface area contributed by atoms with E-state index in [1.54, 1.807) is 0 Å². The van der Waals surface area contributed by atoms with Gasteiger partial charge in [-0.3, -0.25) is 14.5 Å². The molecule has 1 atom stereocenters. The number of carboxylic acids is 1. The molecule has 0 aromatic heterocycles. The number of nitrogens with zero attached hydrogens (tertiary/aromatic N) is 1. The zero-order chi connectivity index (χ0) is 12.7. The highest BCUT2D eigenvalue weighted by atomic mass is 16.5. The fourth-order valence-corrected chi connectivity index (χ4v) is 1.89. The molecule has 1 aliphatic rings. The molecule has 17 heavy (non-hydrogen) atoms. The zero-order valence-electron chi connectivity index (χ0n) is 10.1. The highest BCUT2D eigenvalue weighted by Gasteiger charge is 2.18. The average Bonchev–Trinajstić information content (AvgIpc) is 2.26. The third-order valence-corrected chi connectivity index (χ3v) is 2.70. The van der Waals surface area contributed by atoms with Crippen LogP contribution >= 0.6 is 0 Å². The number of ether oxygens (including phenoxy) is 1. The van der Waals surface area contributed by atoms with Gasteiger partial charge >= 0.3 is 5.97 Å². The SMILES string of the molecule is CC(=O)NC(CCC(=O)O)CN1CCOCC1. The van der Waals surface area contributed by atoms with Crippen LogP contribution in [0.2, 0.25) is 0 Å². The van der Waals surface area contributed by atoms with Crippen molar-refractivity contribution in [1.82, 2.24) is 10.2 Å². The number of morpholine rings is 1. The number of hydrogen-bond acceptors (Lipinski definition) is 4. The molecular formula is C11H20N2O4. The summed E-state index contributed by atoms with van der Waals surface area (Å²) < 4.78 is 5.24. The van der Waals surface area contributed by atoms with E-state index in [9.17, 15) is 9.59 Å². The molecule has 1 unspecified atom stereocenters. The van der Waals surface area contributed by atoms with Crippen molar-refractivity contribution in [2.75, 3.05) is 32.8 Å². The minimum Gasteiger partial charge on any atom is -0.481 e. The van der Waals surface area contributed by atoms with Gasteiger partial charge < -0.3 is 15.2 Å². The normalized spacial score (nSPS) is 18.6. The summed E-state index contributed by atoms with van der Waals surface area (Å²) in [5.41, 5.74) is 0. The summed E-state index contributed by atoms with van der Waals surface area (Å²) >= 11 is 0. The molecule has 1 amide bonds. The van der Waals surface area contributed by atoms with Crippen LogP contribution in [0.25, 0.3) is 0 Å². The molecule has 0 saturated carbocycles. The van der Waals surface area contributed by atoms with Crippen molar-refractivity contribution in [1.29, 1.82) is 0 Å². The minimum absolute atomic E-state index is 0.0787. The number of carboxylic acid groups (broad SMARTS) is 1. The Balaban J connectivity index is 2.37. The predicted molar refractivity (Wildman–Crippen MR) is 61.7 cm³/mol. The van der Waals surface area contributed by atoms with Crippen LogP contribution in [0, 0.1) is 0 Å². The van der Waals surface area contributed by atoms with E-state index in [1.807, 2.05) is 0 Å². The van der Waals surface area contributed by atoms with E-state index < -0.39 is 5.97 Å². The Kier molecular flexibility index (Phi) is 5.93. The van der Waals surface area contributed by atoms with Crippen LogP contribution in [0.15, 0.2) is 0 Å². The Hall–Kier alpha value is -1.14. The first-order valence-electron chi connectivity index (χ1n) is 5.87. The van der Waals surface area contributed by atoms with Gasteiger partial charge in [-0.15, -0.1) is 0 Å². The van der Waals surface area contributed by atoms with Gasteiger partial charge in [0.2, 0.25) is 5.91 Å². The fourth-order valence-electron chi connectivity index (χ4n) is 1.89. The molecule has 98 valence electrons. The lowest BCUT2D eigenvalue weighted by atomic mass is 10.1. The summed E-state index contributed by atoms with van der Waals surface area (Å²) in [6, 6.07) is -0.0956. The molecule has 1 rings (SSSR count). The summed E-state index contributed by atoms with van der Waals surface area (Å²) in [7, 11) is 0. The highest BCUT2D eigenvalue weighted by molar-refractivity contribution is 5.73. The molecule has 1 heterocycles. The number of hydrogen-bond donors (Lipinski definition) is 2. The van der Waals surface area contributed by atoms with Crippen LogP contribution in [0.1, 0.15) is 19.8 Å². The molecule has 0 bridgehead atoms. The van der Waals surface area contributed by atoms with Crippen molar-refractivity contribution in [3.63, 3.8) is 0 Å². The lowest BCUT2D eigenvalue weighted by Gasteiger charge is -2.30. The van der Waals surface area contributed by atoms with Crippen LogP contribution in [0.4, 0.5) is 0 Å². The maximum atomic E-state index is 11.0. The van der Waals surface area contributed by atoms with E-state index in [2.05, 4.69) is 10.2 Å². The molecule has 1 saturated heterocycles. The van der Waals surface area contributed by atoms with E-state index in [1.165, 1.54) is 6.92 Å². The van der Waals surface area contributed by atoms with Crippen molar-refractivity contribution >= 4 is 11.9 Å². The Morgan fingerprint density at radius 2 is 2.06 bits per heavy atom. The van der Waals surface area contributed by atoms with Gasteiger partial charge in [0.05, 0.1) is 13.2 Å². The first-order chi connectivity index (χ1) is 8.08. The average molecular weight is 244 g/mol. The van der Waals surface area contributed by atoms with Gasteiger partial charge in [0.15, 0.2) is 0 Å². The second-order valence-electron chi connectivity index (χ2n) is 4.24. The van der Waals surface area contributed by atoms with Gasteiger partial charge in [-0.25, -0.2) is 0 Å². The lowest BCUT2D eigenvalue weighted by molar-refractivity contribution is -0.137. The summed E-state index contributed by atoms with van der Waals surface area (Å²) in [4.78, 5) is 23.8. The zero-order valence-corrected chi connectivity index (χ0v) is 10.1. The Morgan fingerprint density at radius 1 is 1.41 bits per heavy atom. The summed E-state index contributed by atoms with van der Waals surface area (Å²) in [5.74, 6) is -0.948. The van der Waals surface area contributed by atoms with Crippen molar-refractivity contribution in [3.8, 4) is 0 Å². The molecule has 1 aliphatic heterocycles. The monoisotopic (exact) mass is 244 g/mol. The second kappa shape index (κ2) is 7.24. The number of rotatable bonds is 6. The van der Waals surface area contributed by atoms with Crippen molar-refractivity contribution in [2.45, 2.75) is 25.8 Å². The summed E-state index contributed by atoms with van der Waals surface area (Å²) in [6.45, 7) is 5.22. The molecule has 0 aromatic carbocycles. The maximum Gasteiger partial charge on any atom is 0.303 e. The molecule has 6 heteroatoms. The molecule has 2 N–H and O–H groups in total. The van der Waals surface area contributed by atoms with Gasteiger partial charge in [0.25, 0.3) is 0 Å². The predicted octanol–water partition coefficient (Wildman–Crippen LogP) is -0.312. The number of aliphatic carboxylic acids is 1. The van der Waals surface area contributed by atoms with Crippen LogP contribution in [0.5, 0.6) is 0 Å². The second-order valence-corrected chi connectivity index (χ2v) is 4.24. The first-order valence-corrected chi connectivity index (χ1v) is 5.87. The van der Waals surface area contributed by atoms with Crippen molar-refractivity contribution in [2.24, 2.45) is 0 Å². The number of carbonyl (C=O) groups excluding carboxylic acids is 1. The molecule has 6 nitrogen and oxygen atoms in total. The van der Waals surface area contributed by atoms with Crippen molar-refractivity contribution < 1.29 is 19.4 Å². The third-order valence-electron chi connectivity index (χ3n) is 2.70. The molecule has 0 aliphatic carbocycles. The third kappa shape index (κ3) is 6.23. The topological polar surface area (TPSA) is 78.9 Å². The van der Waals surface area contributed by atoms with Gasteiger partial charge in [-0.05, 0) is 6.42 Å². The molecule has 0 radical (unpaired) electrons. The lowest BCUT2D eigenvalue weighted by Crippen LogP contribution is -2.47. The van der Waals surface area contributed by atoms with Crippen LogP contribution < -0.4 is 5.32 Å². The minimum atomic E-state index is -0.831. The van der Waals surface area contributed by atoms with E-state index in [4.69, 9.17) is 9.84 Å². The standard InChI is InChI=1S/C11H20N2O4/c1-9(14)12-10(2-3-11(15)16)8-13-4-6-17-7-5-13/h10H,2-8H2,1H3,(H,12,14)(H,15,16). The summed E-state index contributed by atoms with van der Waals surface area (Å²) in [6.07, 6.45) is 0.543. The maximum absolute atomic E-state index is 11.0. The van der Waals surface area contributed by atoms with E-state index in [0.29, 0.717) is 26.2 Å².